The third kappa shape index (κ3) is 2.02. The lowest BCUT2D eigenvalue weighted by Gasteiger charge is -2.03. The highest BCUT2D eigenvalue weighted by molar-refractivity contribution is 7.09. The van der Waals surface area contributed by atoms with Crippen LogP contribution in [-0.2, 0) is 6.42 Å². The number of carbonyl (C=O) groups excluding carboxylic acids is 1. The number of nitrogens with zero attached hydrogens (tertiary/aromatic N) is 2. The summed E-state index contributed by atoms with van der Waals surface area (Å²) in [6.45, 7) is 0. The summed E-state index contributed by atoms with van der Waals surface area (Å²) >= 11 is 1.50. The first-order valence-electron chi connectivity index (χ1n) is 5.59. The molecular formula is C14H10N2OS. The number of ketones is 1. The van der Waals surface area contributed by atoms with Gasteiger partial charge in [0.05, 0.1) is 11.0 Å². The van der Waals surface area contributed by atoms with Crippen LogP contribution in [0, 0.1) is 0 Å². The molecule has 0 amide bonds. The lowest BCUT2D eigenvalue weighted by Crippen LogP contribution is -2.03. The molecule has 0 bridgehead atoms. The largest absolute Gasteiger partial charge is 0.294 e. The number of fused-ring (bicyclic) bond motifs is 1. The number of carbonyl (C=O) groups is 1. The maximum atomic E-state index is 12.3. The minimum atomic E-state index is 0.109. The van der Waals surface area contributed by atoms with E-state index in [0.717, 1.165) is 21.3 Å². The standard InChI is InChI=1S/C14H10N2OS/c17-14(7-10-8-15-9-18-10)12-5-6-16-13-4-2-1-3-11(12)13/h1-6,8-9H,7H2. The molecule has 88 valence electrons. The molecule has 0 unspecified atom stereocenters. The molecule has 1 aromatic carbocycles. The lowest BCUT2D eigenvalue weighted by atomic mass is 10.0. The number of hydrogen-bond acceptors (Lipinski definition) is 4. The van der Waals surface area contributed by atoms with Gasteiger partial charge >= 0.3 is 0 Å². The van der Waals surface area contributed by atoms with Crippen LogP contribution in [0.3, 0.4) is 0 Å². The maximum absolute atomic E-state index is 12.3. The summed E-state index contributed by atoms with van der Waals surface area (Å²) in [6.07, 6.45) is 3.83. The SMILES string of the molecule is O=C(Cc1cncs1)c1ccnc2ccccc12. The monoisotopic (exact) mass is 254 g/mol. The molecular weight excluding hydrogens is 244 g/mol. The zero-order chi connectivity index (χ0) is 12.4. The van der Waals surface area contributed by atoms with Crippen molar-refractivity contribution >= 4 is 28.0 Å². The van der Waals surface area contributed by atoms with E-state index in [2.05, 4.69) is 9.97 Å². The van der Waals surface area contributed by atoms with Crippen molar-refractivity contribution in [2.45, 2.75) is 6.42 Å². The van der Waals surface area contributed by atoms with E-state index in [-0.39, 0.29) is 5.78 Å². The summed E-state index contributed by atoms with van der Waals surface area (Å²) in [4.78, 5) is 21.5. The number of Topliss-reactive ketones (excluding diaryl/α,β-unsaturated/α-hetero) is 1. The van der Waals surface area contributed by atoms with E-state index in [1.54, 1.807) is 24.0 Å². The van der Waals surface area contributed by atoms with Gasteiger partial charge in [-0.15, -0.1) is 11.3 Å². The van der Waals surface area contributed by atoms with Gasteiger partial charge in [-0.3, -0.25) is 14.8 Å². The average Bonchev–Trinajstić information content (AvgIpc) is 2.91. The fraction of sp³-hybridized carbons (Fsp3) is 0.0714. The molecule has 0 spiro atoms. The second kappa shape index (κ2) is 4.66. The number of para-hydroxylation sites is 1. The normalized spacial score (nSPS) is 10.7. The summed E-state index contributed by atoms with van der Waals surface area (Å²) in [5, 5.41) is 0.912. The van der Waals surface area contributed by atoms with Crippen LogP contribution in [0.2, 0.25) is 0 Å². The Kier molecular flexibility index (Phi) is 2.86. The fourth-order valence-corrected chi connectivity index (χ4v) is 2.52. The number of pyridine rings is 1. The van der Waals surface area contributed by atoms with Crippen molar-refractivity contribution in [2.24, 2.45) is 0 Å². The second-order valence-corrected chi connectivity index (χ2v) is 4.91. The number of thiazole rings is 1. The Morgan fingerprint density at radius 3 is 2.94 bits per heavy atom. The van der Waals surface area contributed by atoms with Crippen LogP contribution in [0.5, 0.6) is 0 Å². The minimum Gasteiger partial charge on any atom is -0.294 e. The van der Waals surface area contributed by atoms with Crippen LogP contribution < -0.4 is 0 Å². The van der Waals surface area contributed by atoms with Crippen LogP contribution in [0.4, 0.5) is 0 Å². The molecule has 0 N–H and O–H groups in total. The predicted molar refractivity (Wildman–Crippen MR) is 71.9 cm³/mol. The van der Waals surface area contributed by atoms with E-state index in [9.17, 15) is 4.79 Å². The Hall–Kier alpha value is -2.07. The summed E-state index contributed by atoms with van der Waals surface area (Å²) in [7, 11) is 0. The zero-order valence-corrected chi connectivity index (χ0v) is 10.4. The summed E-state index contributed by atoms with van der Waals surface area (Å²) in [5.74, 6) is 0.109. The smallest absolute Gasteiger partial charge is 0.168 e. The number of rotatable bonds is 3. The van der Waals surface area contributed by atoms with Crippen LogP contribution >= 0.6 is 11.3 Å². The van der Waals surface area contributed by atoms with Crippen molar-refractivity contribution in [1.82, 2.24) is 9.97 Å². The minimum absolute atomic E-state index is 0.109. The van der Waals surface area contributed by atoms with Gasteiger partial charge in [0.1, 0.15) is 0 Å². The molecule has 0 aliphatic heterocycles. The van der Waals surface area contributed by atoms with Crippen molar-refractivity contribution in [2.75, 3.05) is 0 Å². The predicted octanol–water partition coefficient (Wildman–Crippen LogP) is 3.12. The molecule has 0 radical (unpaired) electrons. The third-order valence-electron chi connectivity index (χ3n) is 2.77. The molecule has 0 fully saturated rings. The Morgan fingerprint density at radius 2 is 2.11 bits per heavy atom. The molecule has 3 rings (SSSR count). The third-order valence-corrected chi connectivity index (χ3v) is 3.55. The lowest BCUT2D eigenvalue weighted by molar-refractivity contribution is 0.0995. The van der Waals surface area contributed by atoms with Crippen molar-refractivity contribution in [1.29, 1.82) is 0 Å². The molecule has 0 aliphatic rings. The second-order valence-electron chi connectivity index (χ2n) is 3.94. The first-order chi connectivity index (χ1) is 8.84. The van der Waals surface area contributed by atoms with Crippen LogP contribution in [0.1, 0.15) is 15.2 Å². The molecule has 3 aromatic rings. The maximum Gasteiger partial charge on any atom is 0.168 e. The van der Waals surface area contributed by atoms with E-state index < -0.39 is 0 Å². The van der Waals surface area contributed by atoms with Crippen LogP contribution in [0.25, 0.3) is 10.9 Å². The molecule has 0 aliphatic carbocycles. The van der Waals surface area contributed by atoms with Crippen molar-refractivity contribution < 1.29 is 4.79 Å². The van der Waals surface area contributed by atoms with Crippen molar-refractivity contribution in [3.63, 3.8) is 0 Å². The summed E-state index contributed by atoms with van der Waals surface area (Å²) in [5.41, 5.74) is 3.33. The molecule has 2 aromatic heterocycles. The van der Waals surface area contributed by atoms with Crippen molar-refractivity contribution in [3.8, 4) is 0 Å². The Bertz CT molecular complexity index is 687. The van der Waals surface area contributed by atoms with E-state index in [1.807, 2.05) is 24.3 Å². The molecule has 3 nitrogen and oxygen atoms in total. The van der Waals surface area contributed by atoms with Gasteiger partial charge in [-0.2, -0.15) is 0 Å². The van der Waals surface area contributed by atoms with Gasteiger partial charge in [0.25, 0.3) is 0 Å². The summed E-state index contributed by atoms with van der Waals surface area (Å²) < 4.78 is 0. The zero-order valence-electron chi connectivity index (χ0n) is 9.54. The molecule has 18 heavy (non-hydrogen) atoms. The van der Waals surface area contributed by atoms with Gasteiger partial charge in [-0.1, -0.05) is 18.2 Å². The highest BCUT2D eigenvalue weighted by atomic mass is 32.1. The molecule has 0 saturated carbocycles. The van der Waals surface area contributed by atoms with Gasteiger partial charge in [0.2, 0.25) is 0 Å². The van der Waals surface area contributed by atoms with Gasteiger partial charge in [0.15, 0.2) is 5.78 Å². The Labute approximate surface area is 108 Å². The average molecular weight is 254 g/mol. The van der Waals surface area contributed by atoms with Gasteiger partial charge < -0.3 is 0 Å². The van der Waals surface area contributed by atoms with Gasteiger partial charge in [0, 0.05) is 34.6 Å². The van der Waals surface area contributed by atoms with Crippen molar-refractivity contribution in [3.05, 3.63) is 58.7 Å². The first kappa shape index (κ1) is 11.0. The highest BCUT2D eigenvalue weighted by Gasteiger charge is 2.11. The molecule has 0 atom stereocenters. The Morgan fingerprint density at radius 1 is 1.22 bits per heavy atom. The number of hydrogen-bond donors (Lipinski definition) is 0. The van der Waals surface area contributed by atoms with E-state index in [1.165, 1.54) is 11.3 Å². The molecule has 2 heterocycles. The van der Waals surface area contributed by atoms with E-state index >= 15 is 0 Å². The van der Waals surface area contributed by atoms with Gasteiger partial charge in [-0.25, -0.2) is 0 Å². The van der Waals surface area contributed by atoms with Gasteiger partial charge in [-0.05, 0) is 12.1 Å². The topological polar surface area (TPSA) is 42.9 Å². The fourth-order valence-electron chi connectivity index (χ4n) is 1.92. The summed E-state index contributed by atoms with van der Waals surface area (Å²) in [6, 6.07) is 9.48. The van der Waals surface area contributed by atoms with Crippen LogP contribution in [-0.4, -0.2) is 15.8 Å². The highest BCUT2D eigenvalue weighted by Crippen LogP contribution is 2.19. The molecule has 0 saturated heterocycles. The number of benzene rings is 1. The van der Waals surface area contributed by atoms with E-state index in [4.69, 9.17) is 0 Å². The van der Waals surface area contributed by atoms with Crippen LogP contribution in [0.15, 0.2) is 48.2 Å². The number of aromatic nitrogens is 2. The Balaban J connectivity index is 2.01. The quantitative estimate of drug-likeness (QED) is 0.674. The first-order valence-corrected chi connectivity index (χ1v) is 6.47. The van der Waals surface area contributed by atoms with E-state index in [0.29, 0.717) is 6.42 Å². The molecule has 4 heteroatoms.